The second kappa shape index (κ2) is 3.62. The molecule has 0 bridgehead atoms. The highest BCUT2D eigenvalue weighted by Crippen LogP contribution is 2.16. The molecule has 1 rings (SSSR count). The molecule has 0 atom stereocenters. The van der Waals surface area contributed by atoms with Crippen molar-refractivity contribution in [1.82, 2.24) is 0 Å². The van der Waals surface area contributed by atoms with E-state index in [1.807, 2.05) is 25.1 Å². The molecule has 1 aromatic carbocycles. The number of rotatable bonds is 2. The van der Waals surface area contributed by atoms with Crippen molar-refractivity contribution < 1.29 is 0 Å². The van der Waals surface area contributed by atoms with E-state index in [0.29, 0.717) is 0 Å². The van der Waals surface area contributed by atoms with Gasteiger partial charge in [0.25, 0.3) is 0 Å². The van der Waals surface area contributed by atoms with Gasteiger partial charge in [0.05, 0.1) is 0 Å². The highest BCUT2D eigenvalue weighted by atomic mass is 79.9. The molecule has 2 nitrogen and oxygen atoms in total. The number of benzene rings is 1. The maximum absolute atomic E-state index is 9.95. The molecule has 0 saturated carbocycles. The van der Waals surface area contributed by atoms with Crippen molar-refractivity contribution in [3.05, 3.63) is 38.7 Å². The first-order chi connectivity index (χ1) is 5.24. The average Bonchev–Trinajstić information content (AvgIpc) is 1.95. The van der Waals surface area contributed by atoms with Crippen molar-refractivity contribution in [1.29, 1.82) is 0 Å². The number of aryl methyl sites for hydroxylation is 1. The van der Waals surface area contributed by atoms with Crippen molar-refractivity contribution in [2.75, 3.05) is 0 Å². The molecule has 0 aliphatic heterocycles. The summed E-state index contributed by atoms with van der Waals surface area (Å²) in [4.78, 5) is 9.95. The molecule has 0 N–H and O–H groups in total. The first-order valence-corrected chi connectivity index (χ1v) is 4.07. The fourth-order valence-corrected chi connectivity index (χ4v) is 1.38. The first kappa shape index (κ1) is 8.40. The van der Waals surface area contributed by atoms with Crippen LogP contribution in [-0.2, 0) is 6.54 Å². The van der Waals surface area contributed by atoms with Gasteiger partial charge in [0.2, 0.25) is 0 Å². The number of hydrogen-bond donors (Lipinski definition) is 0. The Morgan fingerprint density at radius 2 is 2.27 bits per heavy atom. The van der Waals surface area contributed by atoms with E-state index < -0.39 is 0 Å². The molecule has 0 aliphatic rings. The van der Waals surface area contributed by atoms with Gasteiger partial charge in [-0.1, -0.05) is 27.2 Å². The lowest BCUT2D eigenvalue weighted by Gasteiger charge is -2.00. The van der Waals surface area contributed by atoms with Crippen LogP contribution in [0.5, 0.6) is 0 Å². The third kappa shape index (κ3) is 2.12. The number of nitrogens with zero attached hydrogens (tertiary/aromatic N) is 1. The zero-order valence-electron chi connectivity index (χ0n) is 6.17. The standard InChI is InChI=1S/C8H8BrNO/c1-6-4-8(9)3-2-7(6)5-10-11/h2-4H,5H2,1H3. The summed E-state index contributed by atoms with van der Waals surface area (Å²) >= 11 is 3.34. The maximum atomic E-state index is 9.95. The Morgan fingerprint density at radius 1 is 1.55 bits per heavy atom. The Morgan fingerprint density at radius 3 is 2.82 bits per heavy atom. The number of nitroso groups, excluding NO2 is 1. The largest absolute Gasteiger partial charge is 0.150 e. The van der Waals surface area contributed by atoms with Crippen LogP contribution >= 0.6 is 15.9 Å². The summed E-state index contributed by atoms with van der Waals surface area (Å²) in [7, 11) is 0. The Balaban J connectivity index is 2.98. The van der Waals surface area contributed by atoms with E-state index in [0.717, 1.165) is 15.6 Å². The second-order valence-electron chi connectivity index (χ2n) is 2.36. The van der Waals surface area contributed by atoms with E-state index in [-0.39, 0.29) is 6.54 Å². The molecule has 1 aromatic rings. The van der Waals surface area contributed by atoms with Gasteiger partial charge in [-0.2, -0.15) is 4.91 Å². The summed E-state index contributed by atoms with van der Waals surface area (Å²) in [5, 5.41) is 2.83. The molecule has 0 fully saturated rings. The molecular weight excluding hydrogens is 206 g/mol. The fourth-order valence-electron chi connectivity index (χ4n) is 0.906. The molecule has 11 heavy (non-hydrogen) atoms. The number of hydrogen-bond acceptors (Lipinski definition) is 2. The van der Waals surface area contributed by atoms with Gasteiger partial charge >= 0.3 is 0 Å². The quantitative estimate of drug-likeness (QED) is 0.695. The Kier molecular flexibility index (Phi) is 2.76. The van der Waals surface area contributed by atoms with Crippen LogP contribution in [0.2, 0.25) is 0 Å². The highest BCUT2D eigenvalue weighted by molar-refractivity contribution is 9.10. The molecule has 0 heterocycles. The van der Waals surface area contributed by atoms with Crippen molar-refractivity contribution >= 4 is 15.9 Å². The van der Waals surface area contributed by atoms with Crippen LogP contribution in [-0.4, -0.2) is 0 Å². The highest BCUT2D eigenvalue weighted by Gasteiger charge is 1.97. The second-order valence-corrected chi connectivity index (χ2v) is 3.27. The summed E-state index contributed by atoms with van der Waals surface area (Å²) in [5.41, 5.74) is 2.09. The predicted molar refractivity (Wildman–Crippen MR) is 48.4 cm³/mol. The van der Waals surface area contributed by atoms with E-state index in [1.165, 1.54) is 0 Å². The maximum Gasteiger partial charge on any atom is 0.106 e. The Bertz CT molecular complexity index is 273. The van der Waals surface area contributed by atoms with Gasteiger partial charge in [-0.05, 0) is 30.2 Å². The SMILES string of the molecule is Cc1cc(Br)ccc1CN=O. The van der Waals surface area contributed by atoms with Crippen molar-refractivity contribution in [3.8, 4) is 0 Å². The average molecular weight is 214 g/mol. The van der Waals surface area contributed by atoms with E-state index >= 15 is 0 Å². The van der Waals surface area contributed by atoms with E-state index in [2.05, 4.69) is 21.1 Å². The number of halogens is 1. The molecule has 0 aromatic heterocycles. The van der Waals surface area contributed by atoms with Gasteiger partial charge in [-0.3, -0.25) is 0 Å². The van der Waals surface area contributed by atoms with Crippen molar-refractivity contribution in [2.24, 2.45) is 5.18 Å². The van der Waals surface area contributed by atoms with Gasteiger partial charge < -0.3 is 0 Å². The third-order valence-corrected chi connectivity index (χ3v) is 2.03. The topological polar surface area (TPSA) is 29.4 Å². The Hall–Kier alpha value is -0.700. The molecule has 0 unspecified atom stereocenters. The van der Waals surface area contributed by atoms with Gasteiger partial charge in [0.1, 0.15) is 6.54 Å². The summed E-state index contributed by atoms with van der Waals surface area (Å²) in [6.45, 7) is 2.23. The zero-order valence-corrected chi connectivity index (χ0v) is 7.76. The molecule has 0 spiro atoms. The fraction of sp³-hybridized carbons (Fsp3) is 0.250. The minimum absolute atomic E-state index is 0.263. The molecule has 0 radical (unpaired) electrons. The minimum atomic E-state index is 0.263. The van der Waals surface area contributed by atoms with Gasteiger partial charge in [-0.15, -0.1) is 0 Å². The lowest BCUT2D eigenvalue weighted by atomic mass is 10.1. The molecule has 3 heteroatoms. The van der Waals surface area contributed by atoms with Crippen LogP contribution in [0.4, 0.5) is 0 Å². The third-order valence-electron chi connectivity index (χ3n) is 1.54. The summed E-state index contributed by atoms with van der Waals surface area (Å²) < 4.78 is 1.03. The molecule has 0 saturated heterocycles. The van der Waals surface area contributed by atoms with Crippen LogP contribution in [0.1, 0.15) is 11.1 Å². The Labute approximate surface area is 73.7 Å². The van der Waals surface area contributed by atoms with Crippen LogP contribution in [0.25, 0.3) is 0 Å². The smallest absolute Gasteiger partial charge is 0.106 e. The predicted octanol–water partition coefficient (Wildman–Crippen LogP) is 3.02. The molecule has 0 amide bonds. The van der Waals surface area contributed by atoms with Crippen LogP contribution < -0.4 is 0 Å². The summed E-state index contributed by atoms with van der Waals surface area (Å²) in [5.74, 6) is 0. The monoisotopic (exact) mass is 213 g/mol. The molecule has 0 aliphatic carbocycles. The van der Waals surface area contributed by atoms with Crippen molar-refractivity contribution in [2.45, 2.75) is 13.5 Å². The van der Waals surface area contributed by atoms with Gasteiger partial charge in [-0.25, -0.2) is 0 Å². The first-order valence-electron chi connectivity index (χ1n) is 3.28. The van der Waals surface area contributed by atoms with E-state index in [9.17, 15) is 4.91 Å². The van der Waals surface area contributed by atoms with Crippen molar-refractivity contribution in [3.63, 3.8) is 0 Å². The van der Waals surface area contributed by atoms with Gasteiger partial charge in [0.15, 0.2) is 0 Å². The van der Waals surface area contributed by atoms with Crippen LogP contribution in [0.3, 0.4) is 0 Å². The van der Waals surface area contributed by atoms with Gasteiger partial charge in [0, 0.05) is 4.47 Å². The van der Waals surface area contributed by atoms with Crippen LogP contribution in [0.15, 0.2) is 27.8 Å². The lowest BCUT2D eigenvalue weighted by Crippen LogP contribution is -1.85. The normalized spacial score (nSPS) is 9.64. The van der Waals surface area contributed by atoms with E-state index in [4.69, 9.17) is 0 Å². The summed E-state index contributed by atoms with van der Waals surface area (Å²) in [6.07, 6.45) is 0. The summed E-state index contributed by atoms with van der Waals surface area (Å²) in [6, 6.07) is 5.79. The molecular formula is C8H8BrNO. The van der Waals surface area contributed by atoms with E-state index in [1.54, 1.807) is 0 Å². The molecule has 58 valence electrons. The minimum Gasteiger partial charge on any atom is -0.150 e. The lowest BCUT2D eigenvalue weighted by molar-refractivity contribution is 1.03. The zero-order chi connectivity index (χ0) is 8.27. The van der Waals surface area contributed by atoms with Crippen LogP contribution in [0, 0.1) is 11.8 Å².